The van der Waals surface area contributed by atoms with Crippen molar-refractivity contribution in [3.63, 3.8) is 0 Å². The third-order valence-electron chi connectivity index (χ3n) is 11.6. The number of aliphatic imine (C=N–C) groups is 1. The highest BCUT2D eigenvalue weighted by Crippen LogP contribution is 2.47. The van der Waals surface area contributed by atoms with Gasteiger partial charge in [0, 0.05) is 68.5 Å². The van der Waals surface area contributed by atoms with E-state index in [4.69, 9.17) is 21.1 Å². The Morgan fingerprint density at radius 1 is 1.23 bits per heavy atom. The van der Waals surface area contributed by atoms with Crippen LogP contribution in [0.3, 0.4) is 0 Å². The third-order valence-corrected chi connectivity index (χ3v) is 13.4. The van der Waals surface area contributed by atoms with Gasteiger partial charge >= 0.3 is 0 Å². The lowest BCUT2D eigenvalue weighted by molar-refractivity contribution is -0.118. The van der Waals surface area contributed by atoms with Crippen LogP contribution in [0, 0.1) is 11.8 Å². The molecule has 5 atom stereocenters. The fraction of sp³-hybridized carbons (Fsp3) is 0.643. The molecule has 5 rings (SSSR count). The Hall–Kier alpha value is -2.43. The molecule has 2 fully saturated rings. The molecule has 1 aromatic rings. The van der Waals surface area contributed by atoms with E-state index in [9.17, 15) is 4.79 Å². The van der Waals surface area contributed by atoms with Crippen LogP contribution in [-0.2, 0) is 26.1 Å². The molecular formula is C42H66ClN5O3S. The number of carbonyl (C=O) groups is 1. The van der Waals surface area contributed by atoms with Gasteiger partial charge in [0.05, 0.1) is 12.2 Å². The van der Waals surface area contributed by atoms with Crippen LogP contribution in [-0.4, -0.2) is 111 Å². The number of nitrogens with one attached hydrogen (secondary N) is 1. The van der Waals surface area contributed by atoms with E-state index in [2.05, 4.69) is 103 Å². The minimum Gasteiger partial charge on any atom is -0.489 e. The molecule has 1 saturated carbocycles. The van der Waals surface area contributed by atoms with E-state index < -0.39 is 10.7 Å². The number of halogens is 1. The topological polar surface area (TPSA) is 69.6 Å². The van der Waals surface area contributed by atoms with E-state index in [0.717, 1.165) is 62.5 Å². The van der Waals surface area contributed by atoms with Gasteiger partial charge < -0.3 is 28.9 Å². The SMILES string of the molecule is C=NC1=C(/C=C\CC(=O)NS(=C)C(C)C)OC[C@]2(CCCc3cc(Cl)ccc32)CN1CC1CCC1[C@](C)(/C=C/CC)OC.CCN1CCN(C)CC1. The van der Waals surface area contributed by atoms with Gasteiger partial charge in [-0.2, -0.15) is 0 Å². The van der Waals surface area contributed by atoms with Gasteiger partial charge in [0.1, 0.15) is 0 Å². The Kier molecular flexibility index (Phi) is 16.1. The zero-order valence-corrected chi connectivity index (χ0v) is 34.7. The van der Waals surface area contributed by atoms with Crippen molar-refractivity contribution in [2.24, 2.45) is 16.8 Å². The number of rotatable bonds is 13. The summed E-state index contributed by atoms with van der Waals surface area (Å²) in [6.07, 6.45) is 14.8. The van der Waals surface area contributed by atoms with E-state index in [1.54, 1.807) is 0 Å². The van der Waals surface area contributed by atoms with Crippen molar-refractivity contribution in [3.8, 4) is 0 Å². The Balaban J connectivity index is 0.000000585. The average molecular weight is 757 g/mol. The van der Waals surface area contributed by atoms with E-state index in [-0.39, 0.29) is 23.3 Å². The second-order valence-electron chi connectivity index (χ2n) is 15.4. The zero-order chi connectivity index (χ0) is 37.9. The van der Waals surface area contributed by atoms with Crippen LogP contribution in [0.5, 0.6) is 0 Å². The number of nitrogens with zero attached hydrogens (tertiary/aromatic N) is 4. The number of piperazine rings is 1. The number of hydrogen-bond acceptors (Lipinski definition) is 7. The first-order valence-corrected chi connectivity index (χ1v) is 21.2. The molecule has 2 aliphatic heterocycles. The molecule has 52 heavy (non-hydrogen) atoms. The van der Waals surface area contributed by atoms with Crippen molar-refractivity contribution in [2.75, 3.05) is 66.6 Å². The molecule has 1 spiro atoms. The van der Waals surface area contributed by atoms with Gasteiger partial charge in [-0.3, -0.25) is 4.79 Å². The monoisotopic (exact) mass is 755 g/mol. The van der Waals surface area contributed by atoms with E-state index >= 15 is 0 Å². The molecule has 0 radical (unpaired) electrons. The van der Waals surface area contributed by atoms with Crippen molar-refractivity contribution in [1.82, 2.24) is 19.4 Å². The number of allylic oxidation sites excluding steroid dienone is 2. The predicted molar refractivity (Wildman–Crippen MR) is 223 cm³/mol. The molecule has 10 heteroatoms. The van der Waals surface area contributed by atoms with Crippen LogP contribution >= 0.6 is 22.3 Å². The number of fused-ring (bicyclic) bond motifs is 2. The Morgan fingerprint density at radius 3 is 2.60 bits per heavy atom. The number of carbonyl (C=O) groups excluding carboxylic acids is 1. The fourth-order valence-corrected chi connectivity index (χ4v) is 8.80. The quantitative estimate of drug-likeness (QED) is 0.126. The first kappa shape index (κ1) is 42.3. The number of hydrogen-bond donors (Lipinski definition) is 1. The van der Waals surface area contributed by atoms with Crippen molar-refractivity contribution < 1.29 is 14.3 Å². The van der Waals surface area contributed by atoms with Gasteiger partial charge in [-0.25, -0.2) is 4.99 Å². The number of methoxy groups -OCH3 is 1. The molecule has 1 aromatic carbocycles. The molecular weight excluding hydrogens is 690 g/mol. The van der Waals surface area contributed by atoms with Crippen molar-refractivity contribution in [2.45, 2.75) is 95.8 Å². The summed E-state index contributed by atoms with van der Waals surface area (Å²) in [4.78, 5) is 24.4. The molecule has 0 aromatic heterocycles. The van der Waals surface area contributed by atoms with E-state index in [1.807, 2.05) is 25.3 Å². The maximum atomic E-state index is 12.6. The van der Waals surface area contributed by atoms with Crippen LogP contribution in [0.4, 0.5) is 0 Å². The van der Waals surface area contributed by atoms with Gasteiger partial charge in [-0.05, 0) is 107 Å². The normalized spacial score (nSPS) is 25.9. The van der Waals surface area contributed by atoms with Crippen LogP contribution in [0.25, 0.3) is 0 Å². The summed E-state index contributed by atoms with van der Waals surface area (Å²) in [6.45, 7) is 23.1. The van der Waals surface area contributed by atoms with Crippen molar-refractivity contribution in [3.05, 3.63) is 70.2 Å². The highest BCUT2D eigenvalue weighted by atomic mass is 35.5. The smallest absolute Gasteiger partial charge is 0.233 e. The molecule has 1 saturated heterocycles. The van der Waals surface area contributed by atoms with Crippen molar-refractivity contribution in [1.29, 1.82) is 0 Å². The summed E-state index contributed by atoms with van der Waals surface area (Å²) in [5.41, 5.74) is 2.11. The predicted octanol–water partition coefficient (Wildman–Crippen LogP) is 7.85. The highest BCUT2D eigenvalue weighted by Gasteiger charge is 2.47. The summed E-state index contributed by atoms with van der Waals surface area (Å²) in [7, 11) is 3.60. The summed E-state index contributed by atoms with van der Waals surface area (Å²) in [5.74, 6) is 6.27. The van der Waals surface area contributed by atoms with Gasteiger partial charge in [-0.15, -0.1) is 0 Å². The second-order valence-corrected chi connectivity index (χ2v) is 17.9. The molecule has 290 valence electrons. The summed E-state index contributed by atoms with van der Waals surface area (Å²) in [5, 5.41) is 1.07. The fourth-order valence-electron chi connectivity index (χ4n) is 7.99. The lowest BCUT2D eigenvalue weighted by Gasteiger charge is -2.49. The molecule has 1 N–H and O–H groups in total. The Bertz CT molecular complexity index is 1470. The molecule has 3 unspecified atom stereocenters. The van der Waals surface area contributed by atoms with Crippen LogP contribution in [0.15, 0.2) is 59.1 Å². The summed E-state index contributed by atoms with van der Waals surface area (Å²) in [6, 6.07) is 6.31. The lowest BCUT2D eigenvalue weighted by Crippen LogP contribution is -2.51. The number of likely N-dealkylation sites (N-methyl/N-ethyl adjacent to an activating group) is 2. The average Bonchev–Trinajstić information content (AvgIpc) is 3.26. The van der Waals surface area contributed by atoms with Gasteiger partial charge in [-0.1, -0.05) is 80.1 Å². The second kappa shape index (κ2) is 19.8. The Morgan fingerprint density at radius 2 is 1.98 bits per heavy atom. The molecule has 8 nitrogen and oxygen atoms in total. The first-order chi connectivity index (χ1) is 24.9. The maximum Gasteiger partial charge on any atom is 0.233 e. The minimum atomic E-state index is -0.411. The lowest BCUT2D eigenvalue weighted by atomic mass is 9.64. The van der Waals surface area contributed by atoms with Gasteiger partial charge in [0.2, 0.25) is 5.91 Å². The zero-order valence-electron chi connectivity index (χ0n) is 33.1. The maximum absolute atomic E-state index is 12.6. The van der Waals surface area contributed by atoms with Crippen LogP contribution in [0.1, 0.15) is 84.3 Å². The highest BCUT2D eigenvalue weighted by molar-refractivity contribution is 8.13. The first-order valence-electron chi connectivity index (χ1n) is 19.4. The standard InChI is InChI=1S/C35H50ClN3O3S.C7H16N2/c1-8-9-19-34(4,41-6)29-17-15-27(29)22-39-23-35(20-11-12-26-21-28(36)16-18-30(26)35)24-42-31(33(39)37-5)13-10-14-32(40)38-43(7)25(2)3;1-3-9-6-4-8(2)5-7-9/h9-10,13,16,18-19,21,25,27,29H,5,7-8,11-12,14-15,17,20,22-24H2,1-4,6H3,(H,38,40);3-7H2,1-2H3/b13-10-,19-9+;/t27?,29?,34-,35-,43?;/m0./s1. The number of ether oxygens (including phenoxy) is 2. The third kappa shape index (κ3) is 10.8. The Labute approximate surface area is 322 Å². The van der Waals surface area contributed by atoms with Gasteiger partial charge in [0.25, 0.3) is 0 Å². The van der Waals surface area contributed by atoms with Crippen LogP contribution in [0.2, 0.25) is 5.02 Å². The van der Waals surface area contributed by atoms with Crippen molar-refractivity contribution >= 4 is 40.8 Å². The number of benzene rings is 1. The largest absolute Gasteiger partial charge is 0.489 e. The minimum absolute atomic E-state index is 0.0478. The molecule has 0 bridgehead atoms. The molecule has 2 aliphatic carbocycles. The molecule has 4 aliphatic rings. The molecule has 2 heterocycles. The summed E-state index contributed by atoms with van der Waals surface area (Å²) < 4.78 is 15.7. The number of amides is 1. The molecule has 1 amide bonds. The van der Waals surface area contributed by atoms with E-state index in [0.29, 0.717) is 29.5 Å². The summed E-state index contributed by atoms with van der Waals surface area (Å²) >= 11 is 6.43. The number of aryl methyl sites for hydroxylation is 1. The van der Waals surface area contributed by atoms with Gasteiger partial charge in [0.15, 0.2) is 11.6 Å². The van der Waals surface area contributed by atoms with E-state index in [1.165, 1.54) is 43.9 Å². The van der Waals surface area contributed by atoms with Crippen LogP contribution < -0.4 is 4.72 Å².